The van der Waals surface area contributed by atoms with E-state index in [0.29, 0.717) is 13.1 Å². The molecule has 2 heterocycles. The Morgan fingerprint density at radius 3 is 2.35 bits per heavy atom. The molecule has 7 nitrogen and oxygen atoms in total. The fraction of sp³-hybridized carbons (Fsp3) is 0.593. The summed E-state index contributed by atoms with van der Waals surface area (Å²) in [6, 6.07) is 0. The summed E-state index contributed by atoms with van der Waals surface area (Å²) in [6.07, 6.45) is 15.7. The highest BCUT2D eigenvalue weighted by atomic mass is 16.3. The minimum Gasteiger partial charge on any atom is -0.501 e. The summed E-state index contributed by atoms with van der Waals surface area (Å²) >= 11 is 0. The fourth-order valence-electron chi connectivity index (χ4n) is 4.89. The summed E-state index contributed by atoms with van der Waals surface area (Å²) in [7, 11) is 1.63. The van der Waals surface area contributed by atoms with Gasteiger partial charge in [0.05, 0.1) is 0 Å². The molecule has 1 fully saturated rings. The second-order valence-electron chi connectivity index (χ2n) is 8.89. The van der Waals surface area contributed by atoms with E-state index in [0.717, 1.165) is 44.1 Å². The summed E-state index contributed by atoms with van der Waals surface area (Å²) in [5.41, 5.74) is -0.366. The van der Waals surface area contributed by atoms with Crippen LogP contribution in [0.2, 0.25) is 0 Å². The van der Waals surface area contributed by atoms with Crippen molar-refractivity contribution >= 4 is 5.91 Å². The van der Waals surface area contributed by atoms with Gasteiger partial charge >= 0.3 is 5.56 Å². The van der Waals surface area contributed by atoms with Gasteiger partial charge in [0.1, 0.15) is 11.9 Å². The summed E-state index contributed by atoms with van der Waals surface area (Å²) < 4.78 is 1.54. The zero-order chi connectivity index (χ0) is 25.3. The van der Waals surface area contributed by atoms with Gasteiger partial charge < -0.3 is 19.7 Å². The molecule has 0 aromatic carbocycles. The number of aromatic hydroxyl groups is 1. The Morgan fingerprint density at radius 1 is 1.06 bits per heavy atom. The molecule has 1 aliphatic heterocycles. The lowest BCUT2D eigenvalue weighted by Gasteiger charge is -2.43. The van der Waals surface area contributed by atoms with Crippen molar-refractivity contribution in [1.82, 2.24) is 14.5 Å². The van der Waals surface area contributed by atoms with Crippen molar-refractivity contribution in [1.29, 1.82) is 0 Å². The molecule has 3 aliphatic rings. The molecule has 7 heteroatoms. The van der Waals surface area contributed by atoms with Gasteiger partial charge in [0, 0.05) is 25.6 Å². The van der Waals surface area contributed by atoms with Gasteiger partial charge in [-0.05, 0) is 19.3 Å². The maximum absolute atomic E-state index is 12.6. The second kappa shape index (κ2) is 12.7. The van der Waals surface area contributed by atoms with Gasteiger partial charge in [-0.15, -0.1) is 0 Å². The smallest absolute Gasteiger partial charge is 0.316 e. The Morgan fingerprint density at radius 2 is 1.71 bits per heavy atom. The van der Waals surface area contributed by atoms with Crippen LogP contribution in [0, 0.1) is 5.41 Å². The molecular formula is C27H41N3O4. The molecule has 1 aromatic heterocycles. The summed E-state index contributed by atoms with van der Waals surface area (Å²) in [5.74, 6) is -0.891. The Bertz CT molecular complexity index is 984. The molecule has 2 N–H and O–H groups in total. The number of likely N-dealkylation sites (N-methyl/N-ethyl adjacent to an activating group) is 1. The number of carbonyl (C=O) groups excluding carboxylic acids is 1. The lowest BCUT2D eigenvalue weighted by molar-refractivity contribution is 0.00913. The number of aliphatic hydroxyl groups excluding tert-OH is 1. The molecule has 0 bridgehead atoms. The molecule has 0 saturated heterocycles. The van der Waals surface area contributed by atoms with E-state index in [4.69, 9.17) is 0 Å². The van der Waals surface area contributed by atoms with E-state index in [1.54, 1.807) is 11.6 Å². The molecule has 1 unspecified atom stereocenters. The third-order valence-electron chi connectivity index (χ3n) is 6.54. The number of allylic oxidation sites excluding steroid dienone is 5. The maximum atomic E-state index is 12.6. The highest BCUT2D eigenvalue weighted by Gasteiger charge is 2.45. The fourth-order valence-corrected chi connectivity index (χ4v) is 4.89. The van der Waals surface area contributed by atoms with Gasteiger partial charge in [-0.1, -0.05) is 89.3 Å². The number of hydrogen-bond acceptors (Lipinski definition) is 5. The van der Waals surface area contributed by atoms with Gasteiger partial charge in [-0.3, -0.25) is 9.59 Å². The van der Waals surface area contributed by atoms with Crippen molar-refractivity contribution < 1.29 is 15.0 Å². The van der Waals surface area contributed by atoms with E-state index in [1.807, 2.05) is 32.1 Å². The topological polar surface area (TPSA) is 95.7 Å². The predicted molar refractivity (Wildman–Crippen MR) is 136 cm³/mol. The molecule has 1 saturated carbocycles. The number of aliphatic hydroxyl groups is 1. The minimum absolute atomic E-state index is 0.0756. The van der Waals surface area contributed by atoms with Crippen LogP contribution < -0.4 is 5.56 Å². The standard InChI is InChI=1S/C22H27N3O4.C3H8.C2H6/c1-24-13-14-25-16(21(24)29)17(26)20(28)23-19(25)18(27)22(11-7-4-8-12-22)15-9-5-2-3-6-10-15;1-3-2;1-2/h2-3,5-6,9,18,26-27H,4,7-8,10-14H2,1H3;3H2,1-2H3;1-2H3. The number of aromatic nitrogens is 2. The number of rotatable bonds is 3. The first-order valence-electron chi connectivity index (χ1n) is 12.7. The minimum atomic E-state index is -1.03. The van der Waals surface area contributed by atoms with Crippen LogP contribution in [0.25, 0.3) is 0 Å². The van der Waals surface area contributed by atoms with Gasteiger partial charge in [-0.2, -0.15) is 4.98 Å². The average Bonchev–Trinajstić information content (AvgIpc) is 3.15. The van der Waals surface area contributed by atoms with Crippen LogP contribution in [0.3, 0.4) is 0 Å². The van der Waals surface area contributed by atoms with Gasteiger partial charge in [0.15, 0.2) is 5.69 Å². The number of nitrogens with zero attached hydrogens (tertiary/aromatic N) is 3. The van der Waals surface area contributed by atoms with Crippen LogP contribution in [-0.4, -0.2) is 44.2 Å². The molecule has 34 heavy (non-hydrogen) atoms. The van der Waals surface area contributed by atoms with E-state index in [2.05, 4.69) is 31.0 Å². The molecular weight excluding hydrogens is 430 g/mol. The van der Waals surface area contributed by atoms with Crippen molar-refractivity contribution in [2.45, 2.75) is 85.3 Å². The van der Waals surface area contributed by atoms with Crippen LogP contribution in [0.1, 0.15) is 95.1 Å². The highest BCUT2D eigenvalue weighted by molar-refractivity contribution is 5.95. The molecule has 4 rings (SSSR count). The first kappa shape index (κ1) is 27.6. The van der Waals surface area contributed by atoms with E-state index in [-0.39, 0.29) is 11.5 Å². The van der Waals surface area contributed by atoms with Crippen molar-refractivity contribution in [3.05, 3.63) is 57.8 Å². The summed E-state index contributed by atoms with van der Waals surface area (Å²) in [5, 5.41) is 21.9. The maximum Gasteiger partial charge on any atom is 0.316 e. The Balaban J connectivity index is 0.000000758. The van der Waals surface area contributed by atoms with Crippen LogP contribution in [-0.2, 0) is 6.54 Å². The number of carbonyl (C=O) groups is 1. The van der Waals surface area contributed by atoms with E-state index >= 15 is 0 Å². The monoisotopic (exact) mass is 471 g/mol. The SMILES string of the molecule is CC.CCC.CN1CCn2c(C(O)C3(C4=CC=CC=CC4)CCCCC3)nc(=O)c(O)c2C1=O. The van der Waals surface area contributed by atoms with Crippen molar-refractivity contribution in [3.8, 4) is 5.75 Å². The van der Waals surface area contributed by atoms with E-state index in [9.17, 15) is 19.8 Å². The number of amides is 1. The molecule has 0 spiro atoms. The predicted octanol–water partition coefficient (Wildman–Crippen LogP) is 4.90. The lowest BCUT2D eigenvalue weighted by atomic mass is 9.64. The van der Waals surface area contributed by atoms with Crippen LogP contribution in [0.4, 0.5) is 0 Å². The molecule has 1 aromatic rings. The van der Waals surface area contributed by atoms with Crippen LogP contribution >= 0.6 is 0 Å². The third kappa shape index (κ3) is 5.52. The van der Waals surface area contributed by atoms with Crippen LogP contribution in [0.5, 0.6) is 5.75 Å². The Hall–Kier alpha value is -2.67. The number of fused-ring (bicyclic) bond motifs is 1. The zero-order valence-corrected chi connectivity index (χ0v) is 21.4. The normalized spacial score (nSPS) is 19.5. The molecule has 188 valence electrons. The summed E-state index contributed by atoms with van der Waals surface area (Å²) in [6.45, 7) is 9.05. The first-order chi connectivity index (χ1) is 16.4. The van der Waals surface area contributed by atoms with Gasteiger partial charge in [-0.25, -0.2) is 0 Å². The van der Waals surface area contributed by atoms with Crippen LogP contribution in [0.15, 0.2) is 40.7 Å². The third-order valence-corrected chi connectivity index (χ3v) is 6.54. The second-order valence-corrected chi connectivity index (χ2v) is 8.89. The van der Waals surface area contributed by atoms with E-state index < -0.39 is 28.7 Å². The van der Waals surface area contributed by atoms with E-state index in [1.165, 1.54) is 11.3 Å². The number of hydrogen-bond donors (Lipinski definition) is 2. The molecule has 1 amide bonds. The van der Waals surface area contributed by atoms with Gasteiger partial charge in [0.25, 0.3) is 5.91 Å². The van der Waals surface area contributed by atoms with Crippen molar-refractivity contribution in [2.75, 3.05) is 13.6 Å². The Labute approximate surface area is 203 Å². The van der Waals surface area contributed by atoms with Crippen molar-refractivity contribution in [2.24, 2.45) is 5.41 Å². The quantitative estimate of drug-likeness (QED) is 0.653. The average molecular weight is 472 g/mol. The van der Waals surface area contributed by atoms with Crippen molar-refractivity contribution in [3.63, 3.8) is 0 Å². The largest absolute Gasteiger partial charge is 0.501 e. The lowest BCUT2D eigenvalue weighted by Crippen LogP contribution is -2.43. The van der Waals surface area contributed by atoms with Gasteiger partial charge in [0.2, 0.25) is 5.75 Å². The summed E-state index contributed by atoms with van der Waals surface area (Å²) in [4.78, 5) is 30.5. The first-order valence-corrected chi connectivity index (χ1v) is 12.7. The molecule has 1 atom stereocenters. The highest BCUT2D eigenvalue weighted by Crippen LogP contribution is 2.52. The molecule has 0 radical (unpaired) electrons. The zero-order valence-electron chi connectivity index (χ0n) is 21.4. The molecule has 2 aliphatic carbocycles. The Kier molecular flexibility index (Phi) is 10.3.